The lowest BCUT2D eigenvalue weighted by Gasteiger charge is -2.10. The van der Waals surface area contributed by atoms with Gasteiger partial charge in [-0.15, -0.1) is 24.8 Å². The largest absolute Gasteiger partial charge is 0.497 e. The number of carboxylic acid groups (broad SMARTS) is 1. The predicted octanol–water partition coefficient (Wildman–Crippen LogP) is 1.82. The van der Waals surface area contributed by atoms with Gasteiger partial charge < -0.3 is 15.2 Å². The Morgan fingerprint density at radius 2 is 2.19 bits per heavy atom. The molecule has 1 rings (SSSR count). The number of carboxylic acids is 1. The molecule has 0 unspecified atom stereocenters. The second-order valence-electron chi connectivity index (χ2n) is 2.79. The van der Waals surface area contributed by atoms with Crippen LogP contribution >= 0.6 is 24.8 Å². The Morgan fingerprint density at radius 3 is 2.69 bits per heavy atom. The molecule has 0 aromatic carbocycles. The fourth-order valence-electron chi connectivity index (χ4n) is 0.901. The van der Waals surface area contributed by atoms with Crippen molar-refractivity contribution in [1.82, 2.24) is 4.98 Å². The number of nitrogens with zero attached hydrogens (tertiary/aromatic N) is 1. The number of methoxy groups -OCH3 is 1. The highest BCUT2D eigenvalue weighted by Gasteiger charge is 2.10. The Kier molecular flexibility index (Phi) is 8.61. The van der Waals surface area contributed by atoms with E-state index in [1.807, 2.05) is 0 Å². The first-order valence-electron chi connectivity index (χ1n) is 4.13. The number of hydrogen-bond acceptors (Lipinski definition) is 4. The van der Waals surface area contributed by atoms with Crippen molar-refractivity contribution in [2.24, 2.45) is 0 Å². The molecule has 1 aromatic rings. The van der Waals surface area contributed by atoms with Crippen LogP contribution in [-0.2, 0) is 4.79 Å². The van der Waals surface area contributed by atoms with E-state index in [-0.39, 0.29) is 24.8 Å². The van der Waals surface area contributed by atoms with Crippen molar-refractivity contribution in [2.75, 3.05) is 12.4 Å². The lowest BCUT2D eigenvalue weighted by atomic mass is 10.3. The van der Waals surface area contributed by atoms with Crippen molar-refractivity contribution in [3.8, 4) is 5.75 Å². The molecule has 2 N–H and O–H groups in total. The van der Waals surface area contributed by atoms with E-state index in [4.69, 9.17) is 9.84 Å². The molecule has 0 saturated carbocycles. The molecule has 1 aromatic heterocycles. The van der Waals surface area contributed by atoms with Gasteiger partial charge in [0.25, 0.3) is 0 Å². The first kappa shape index (κ1) is 17.2. The van der Waals surface area contributed by atoms with Crippen molar-refractivity contribution >= 4 is 36.6 Å². The maximum absolute atomic E-state index is 10.5. The minimum Gasteiger partial charge on any atom is -0.497 e. The van der Waals surface area contributed by atoms with Crippen LogP contribution in [0.2, 0.25) is 0 Å². The van der Waals surface area contributed by atoms with Gasteiger partial charge in [-0.25, -0.2) is 4.98 Å². The van der Waals surface area contributed by atoms with E-state index >= 15 is 0 Å². The summed E-state index contributed by atoms with van der Waals surface area (Å²) >= 11 is 0. The lowest BCUT2D eigenvalue weighted by molar-refractivity contribution is -0.137. The third-order valence-electron chi connectivity index (χ3n) is 1.70. The fraction of sp³-hybridized carbons (Fsp3) is 0.333. The van der Waals surface area contributed by atoms with Crippen LogP contribution in [0.25, 0.3) is 0 Å². The van der Waals surface area contributed by atoms with Gasteiger partial charge in [-0.1, -0.05) is 0 Å². The summed E-state index contributed by atoms with van der Waals surface area (Å²) < 4.78 is 4.97. The highest BCUT2D eigenvalue weighted by atomic mass is 35.5. The molecule has 92 valence electrons. The van der Waals surface area contributed by atoms with Crippen molar-refractivity contribution in [2.45, 2.75) is 13.0 Å². The topological polar surface area (TPSA) is 71.5 Å². The summed E-state index contributed by atoms with van der Waals surface area (Å²) in [6.07, 6.45) is 1.55. The van der Waals surface area contributed by atoms with Crippen LogP contribution in [0.1, 0.15) is 6.92 Å². The zero-order valence-electron chi connectivity index (χ0n) is 8.84. The molecule has 0 aliphatic carbocycles. The monoisotopic (exact) mass is 268 g/mol. The number of rotatable bonds is 4. The molecule has 5 nitrogen and oxygen atoms in total. The molecule has 1 heterocycles. The van der Waals surface area contributed by atoms with Crippen LogP contribution in [0, 0.1) is 0 Å². The van der Waals surface area contributed by atoms with Gasteiger partial charge in [0, 0.05) is 12.3 Å². The maximum atomic E-state index is 10.5. The van der Waals surface area contributed by atoms with Gasteiger partial charge in [-0.2, -0.15) is 0 Å². The number of nitrogens with one attached hydrogen (secondary N) is 1. The molecule has 0 aliphatic heterocycles. The maximum Gasteiger partial charge on any atom is 0.325 e. The van der Waals surface area contributed by atoms with Gasteiger partial charge in [0.05, 0.1) is 7.11 Å². The minimum atomic E-state index is -0.922. The number of aliphatic carboxylic acids is 1. The molecule has 0 spiro atoms. The van der Waals surface area contributed by atoms with E-state index in [1.165, 1.54) is 0 Å². The number of carbonyl (C=O) groups is 1. The molecule has 0 fully saturated rings. The molecule has 0 bridgehead atoms. The summed E-state index contributed by atoms with van der Waals surface area (Å²) in [6, 6.07) is 2.66. The zero-order valence-corrected chi connectivity index (χ0v) is 10.5. The first-order chi connectivity index (χ1) is 6.63. The quantitative estimate of drug-likeness (QED) is 0.872. The molecular weight excluding hydrogens is 255 g/mol. The molecule has 7 heteroatoms. The number of pyridine rings is 1. The summed E-state index contributed by atoms with van der Waals surface area (Å²) in [6.45, 7) is 1.55. The first-order valence-corrected chi connectivity index (χ1v) is 4.13. The van der Waals surface area contributed by atoms with Crippen LogP contribution in [0.3, 0.4) is 0 Å². The molecule has 16 heavy (non-hydrogen) atoms. The molecule has 0 saturated heterocycles. The zero-order chi connectivity index (χ0) is 10.6. The number of hydrogen-bond donors (Lipinski definition) is 2. The van der Waals surface area contributed by atoms with Crippen LogP contribution in [0.15, 0.2) is 18.3 Å². The minimum absolute atomic E-state index is 0. The van der Waals surface area contributed by atoms with Crippen molar-refractivity contribution in [3.63, 3.8) is 0 Å². The van der Waals surface area contributed by atoms with Crippen LogP contribution < -0.4 is 10.1 Å². The average molecular weight is 269 g/mol. The van der Waals surface area contributed by atoms with Gasteiger partial charge in [0.15, 0.2) is 0 Å². The second-order valence-corrected chi connectivity index (χ2v) is 2.79. The highest BCUT2D eigenvalue weighted by Crippen LogP contribution is 2.14. The lowest BCUT2D eigenvalue weighted by Crippen LogP contribution is -2.25. The number of halogens is 2. The summed E-state index contributed by atoms with van der Waals surface area (Å²) in [5.41, 5.74) is 0. The Hall–Kier alpha value is -1.20. The smallest absolute Gasteiger partial charge is 0.325 e. The third kappa shape index (κ3) is 5.04. The molecule has 0 aliphatic rings. The Balaban J connectivity index is 0. The predicted molar refractivity (Wildman–Crippen MR) is 66.0 cm³/mol. The van der Waals surface area contributed by atoms with Crippen LogP contribution in [0.5, 0.6) is 5.75 Å². The Morgan fingerprint density at radius 1 is 1.56 bits per heavy atom. The van der Waals surface area contributed by atoms with E-state index in [0.717, 1.165) is 0 Å². The second kappa shape index (κ2) is 8.01. The van der Waals surface area contributed by atoms with Crippen molar-refractivity contribution in [3.05, 3.63) is 18.3 Å². The van der Waals surface area contributed by atoms with Gasteiger partial charge in [-0.3, -0.25) is 4.79 Å². The van der Waals surface area contributed by atoms with Gasteiger partial charge in [0.2, 0.25) is 0 Å². The van der Waals surface area contributed by atoms with Crippen molar-refractivity contribution in [1.29, 1.82) is 0 Å². The fourth-order valence-corrected chi connectivity index (χ4v) is 0.901. The van der Waals surface area contributed by atoms with Gasteiger partial charge in [0.1, 0.15) is 17.6 Å². The third-order valence-corrected chi connectivity index (χ3v) is 1.70. The van der Waals surface area contributed by atoms with Crippen LogP contribution in [-0.4, -0.2) is 29.2 Å². The summed E-state index contributed by atoms with van der Waals surface area (Å²) in [4.78, 5) is 14.5. The Labute approximate surface area is 106 Å². The number of anilines is 1. The Bertz CT molecular complexity index is 336. The van der Waals surface area contributed by atoms with E-state index in [0.29, 0.717) is 11.6 Å². The van der Waals surface area contributed by atoms with Crippen molar-refractivity contribution < 1.29 is 14.6 Å². The molecule has 1 atom stereocenters. The number of ether oxygens (including phenoxy) is 1. The summed E-state index contributed by atoms with van der Waals surface area (Å²) in [7, 11) is 1.54. The summed E-state index contributed by atoms with van der Waals surface area (Å²) in [5.74, 6) is 0.203. The molecule has 0 amide bonds. The number of aromatic nitrogens is 1. The standard InChI is InChI=1S/C9H12N2O3.2ClH/c1-6(9(12)13)11-8-5-7(14-2)3-4-10-8;;/h3-6H,1-2H3,(H,10,11)(H,12,13);2*1H/t6-;;/m0../s1. The average Bonchev–Trinajstić information content (AvgIpc) is 2.18. The molecule has 0 radical (unpaired) electrons. The SMILES string of the molecule is COc1ccnc(N[C@@H](C)C(=O)O)c1.Cl.Cl. The van der Waals surface area contributed by atoms with E-state index in [9.17, 15) is 4.79 Å². The summed E-state index contributed by atoms with van der Waals surface area (Å²) in [5, 5.41) is 11.4. The van der Waals surface area contributed by atoms with E-state index in [1.54, 1.807) is 32.4 Å². The molecular formula is C9H14Cl2N2O3. The van der Waals surface area contributed by atoms with Crippen LogP contribution in [0.4, 0.5) is 5.82 Å². The van der Waals surface area contributed by atoms with E-state index in [2.05, 4.69) is 10.3 Å². The normalized spacial score (nSPS) is 10.4. The highest BCUT2D eigenvalue weighted by molar-refractivity contribution is 5.85. The van der Waals surface area contributed by atoms with Gasteiger partial charge in [-0.05, 0) is 13.0 Å². The van der Waals surface area contributed by atoms with Gasteiger partial charge >= 0.3 is 5.97 Å². The van der Waals surface area contributed by atoms with E-state index < -0.39 is 12.0 Å².